The van der Waals surface area contributed by atoms with Gasteiger partial charge in [-0.2, -0.15) is 0 Å². The molecular formula is C19H17NO3. The van der Waals surface area contributed by atoms with E-state index in [1.165, 1.54) is 0 Å². The number of aryl methyl sites for hydroxylation is 1. The maximum Gasteiger partial charge on any atom is 0.197 e. The Morgan fingerprint density at radius 3 is 2.74 bits per heavy atom. The van der Waals surface area contributed by atoms with Gasteiger partial charge in [0.25, 0.3) is 0 Å². The molecule has 0 spiro atoms. The number of aldehydes is 1. The summed E-state index contributed by atoms with van der Waals surface area (Å²) in [5, 5.41) is 0. The molecule has 0 aliphatic carbocycles. The standard InChI is InChI=1S/C19H17NO3/c1-14-11-16(13-21)17(15-5-3-2-4-6-15)12-18(14)22-9-7-19-20-8-10-23-19/h2-6,8,10-13H,7,9H2,1H3. The second-order valence-electron chi connectivity index (χ2n) is 5.21. The van der Waals surface area contributed by atoms with Crippen LogP contribution in [0.1, 0.15) is 21.8 Å². The maximum absolute atomic E-state index is 11.4. The Morgan fingerprint density at radius 2 is 2.04 bits per heavy atom. The summed E-state index contributed by atoms with van der Waals surface area (Å²) in [6.45, 7) is 2.40. The number of nitrogens with zero attached hydrogens (tertiary/aromatic N) is 1. The first-order valence-electron chi connectivity index (χ1n) is 7.44. The highest BCUT2D eigenvalue weighted by atomic mass is 16.5. The molecule has 0 radical (unpaired) electrons. The summed E-state index contributed by atoms with van der Waals surface area (Å²) >= 11 is 0. The number of rotatable bonds is 6. The third-order valence-electron chi connectivity index (χ3n) is 3.62. The summed E-state index contributed by atoms with van der Waals surface area (Å²) in [6.07, 6.45) is 4.65. The van der Waals surface area contributed by atoms with Gasteiger partial charge in [-0.3, -0.25) is 4.79 Å². The molecule has 23 heavy (non-hydrogen) atoms. The lowest BCUT2D eigenvalue weighted by molar-refractivity contribution is 0.112. The average Bonchev–Trinajstić information content (AvgIpc) is 3.10. The van der Waals surface area contributed by atoms with Crippen molar-refractivity contribution in [1.82, 2.24) is 4.98 Å². The molecular weight excluding hydrogens is 290 g/mol. The quantitative estimate of drug-likeness (QED) is 0.644. The minimum Gasteiger partial charge on any atom is -0.493 e. The summed E-state index contributed by atoms with van der Waals surface area (Å²) in [5.41, 5.74) is 3.46. The van der Waals surface area contributed by atoms with Gasteiger partial charge in [0, 0.05) is 5.56 Å². The van der Waals surface area contributed by atoms with Crippen molar-refractivity contribution in [2.75, 3.05) is 6.61 Å². The molecule has 0 aliphatic heterocycles. The highest BCUT2D eigenvalue weighted by Gasteiger charge is 2.10. The topological polar surface area (TPSA) is 52.3 Å². The SMILES string of the molecule is Cc1cc(C=O)c(-c2ccccc2)cc1OCCc1ncco1. The molecule has 0 N–H and O–H groups in total. The first kappa shape index (κ1) is 15.0. The molecule has 0 aliphatic rings. The highest BCUT2D eigenvalue weighted by molar-refractivity contribution is 5.88. The van der Waals surface area contributed by atoms with Crippen LogP contribution in [0.2, 0.25) is 0 Å². The van der Waals surface area contributed by atoms with Gasteiger partial charge in [-0.15, -0.1) is 0 Å². The lowest BCUT2D eigenvalue weighted by Gasteiger charge is -2.13. The van der Waals surface area contributed by atoms with Gasteiger partial charge in [0.2, 0.25) is 0 Å². The third-order valence-corrected chi connectivity index (χ3v) is 3.62. The van der Waals surface area contributed by atoms with E-state index in [1.54, 1.807) is 12.5 Å². The van der Waals surface area contributed by atoms with E-state index in [0.717, 1.165) is 28.7 Å². The van der Waals surface area contributed by atoms with E-state index in [-0.39, 0.29) is 0 Å². The number of hydrogen-bond acceptors (Lipinski definition) is 4. The zero-order valence-corrected chi connectivity index (χ0v) is 12.9. The normalized spacial score (nSPS) is 10.5. The minimum absolute atomic E-state index is 0.468. The first-order valence-corrected chi connectivity index (χ1v) is 7.44. The predicted molar refractivity (Wildman–Crippen MR) is 87.7 cm³/mol. The molecule has 2 aromatic carbocycles. The molecule has 4 nitrogen and oxygen atoms in total. The van der Waals surface area contributed by atoms with Gasteiger partial charge in [-0.1, -0.05) is 30.3 Å². The molecule has 0 saturated carbocycles. The molecule has 1 aromatic heterocycles. The molecule has 0 atom stereocenters. The van der Waals surface area contributed by atoms with Crippen LogP contribution >= 0.6 is 0 Å². The van der Waals surface area contributed by atoms with Crippen molar-refractivity contribution in [3.8, 4) is 16.9 Å². The second-order valence-corrected chi connectivity index (χ2v) is 5.21. The number of benzene rings is 2. The highest BCUT2D eigenvalue weighted by Crippen LogP contribution is 2.30. The van der Waals surface area contributed by atoms with Crippen LogP contribution in [-0.2, 0) is 6.42 Å². The Labute approximate surface area is 134 Å². The Morgan fingerprint density at radius 1 is 1.22 bits per heavy atom. The van der Waals surface area contributed by atoms with Crippen LogP contribution in [0.15, 0.2) is 59.3 Å². The Kier molecular flexibility index (Phi) is 4.52. The number of carbonyl (C=O) groups excluding carboxylic acids is 1. The van der Waals surface area contributed by atoms with Crippen LogP contribution in [0.4, 0.5) is 0 Å². The Balaban J connectivity index is 1.84. The van der Waals surface area contributed by atoms with E-state index in [0.29, 0.717) is 24.5 Å². The van der Waals surface area contributed by atoms with Gasteiger partial charge in [0.1, 0.15) is 12.0 Å². The molecule has 3 aromatic rings. The number of ether oxygens (including phenoxy) is 1. The largest absolute Gasteiger partial charge is 0.493 e. The monoisotopic (exact) mass is 307 g/mol. The minimum atomic E-state index is 0.468. The van der Waals surface area contributed by atoms with Crippen LogP contribution < -0.4 is 4.74 Å². The van der Waals surface area contributed by atoms with Crippen molar-refractivity contribution in [3.05, 3.63) is 71.9 Å². The number of carbonyl (C=O) groups is 1. The van der Waals surface area contributed by atoms with E-state index in [4.69, 9.17) is 9.15 Å². The van der Waals surface area contributed by atoms with E-state index in [9.17, 15) is 4.79 Å². The summed E-state index contributed by atoms with van der Waals surface area (Å²) in [4.78, 5) is 15.4. The van der Waals surface area contributed by atoms with Crippen molar-refractivity contribution in [2.45, 2.75) is 13.3 Å². The molecule has 0 fully saturated rings. The van der Waals surface area contributed by atoms with Gasteiger partial charge >= 0.3 is 0 Å². The fourth-order valence-corrected chi connectivity index (χ4v) is 2.46. The zero-order chi connectivity index (χ0) is 16.1. The zero-order valence-electron chi connectivity index (χ0n) is 12.9. The summed E-state index contributed by atoms with van der Waals surface area (Å²) < 4.78 is 11.0. The van der Waals surface area contributed by atoms with Crippen LogP contribution in [0.3, 0.4) is 0 Å². The molecule has 1 heterocycles. The second kappa shape index (κ2) is 6.92. The third kappa shape index (κ3) is 3.48. The van der Waals surface area contributed by atoms with Crippen LogP contribution in [0.25, 0.3) is 11.1 Å². The smallest absolute Gasteiger partial charge is 0.197 e. The molecule has 116 valence electrons. The van der Waals surface area contributed by atoms with Gasteiger partial charge in [-0.05, 0) is 35.7 Å². The van der Waals surface area contributed by atoms with Crippen molar-refractivity contribution in [3.63, 3.8) is 0 Å². The van der Waals surface area contributed by atoms with E-state index in [1.807, 2.05) is 49.4 Å². The molecule has 0 saturated heterocycles. The number of aromatic nitrogens is 1. The van der Waals surface area contributed by atoms with Crippen molar-refractivity contribution in [2.24, 2.45) is 0 Å². The molecule has 0 unspecified atom stereocenters. The van der Waals surface area contributed by atoms with Crippen molar-refractivity contribution < 1.29 is 13.9 Å². The van der Waals surface area contributed by atoms with Gasteiger partial charge in [0.15, 0.2) is 12.2 Å². The Hall–Kier alpha value is -2.88. The fourth-order valence-electron chi connectivity index (χ4n) is 2.46. The van der Waals surface area contributed by atoms with Crippen LogP contribution in [0.5, 0.6) is 5.75 Å². The molecule has 0 bridgehead atoms. The fraction of sp³-hybridized carbons (Fsp3) is 0.158. The molecule has 4 heteroatoms. The lowest BCUT2D eigenvalue weighted by atomic mass is 9.98. The number of hydrogen-bond donors (Lipinski definition) is 0. The Bertz CT molecular complexity index is 780. The van der Waals surface area contributed by atoms with E-state index >= 15 is 0 Å². The summed E-state index contributed by atoms with van der Waals surface area (Å²) in [6, 6.07) is 13.6. The van der Waals surface area contributed by atoms with E-state index < -0.39 is 0 Å². The van der Waals surface area contributed by atoms with Gasteiger partial charge in [-0.25, -0.2) is 4.98 Å². The van der Waals surface area contributed by atoms with Gasteiger partial charge in [0.05, 0.1) is 19.2 Å². The summed E-state index contributed by atoms with van der Waals surface area (Å²) in [7, 11) is 0. The molecule has 0 amide bonds. The first-order chi connectivity index (χ1) is 11.3. The lowest BCUT2D eigenvalue weighted by Crippen LogP contribution is -2.03. The maximum atomic E-state index is 11.4. The summed E-state index contributed by atoms with van der Waals surface area (Å²) in [5.74, 6) is 1.41. The number of oxazole rings is 1. The van der Waals surface area contributed by atoms with Crippen molar-refractivity contribution in [1.29, 1.82) is 0 Å². The van der Waals surface area contributed by atoms with Crippen LogP contribution in [-0.4, -0.2) is 17.9 Å². The molecule has 3 rings (SSSR count). The average molecular weight is 307 g/mol. The van der Waals surface area contributed by atoms with Crippen molar-refractivity contribution >= 4 is 6.29 Å². The van der Waals surface area contributed by atoms with E-state index in [2.05, 4.69) is 4.98 Å². The van der Waals surface area contributed by atoms with Crippen LogP contribution in [0, 0.1) is 6.92 Å². The predicted octanol–water partition coefficient (Wildman–Crippen LogP) is 4.08. The van der Waals surface area contributed by atoms with Gasteiger partial charge < -0.3 is 9.15 Å².